The Morgan fingerprint density at radius 1 is 1.12 bits per heavy atom. The fraction of sp³-hybridized carbons (Fsp3) is 0.350. The molecule has 0 radical (unpaired) electrons. The predicted octanol–water partition coefficient (Wildman–Crippen LogP) is 2.83. The van der Waals surface area contributed by atoms with Crippen molar-refractivity contribution in [3.63, 3.8) is 0 Å². The van der Waals surface area contributed by atoms with Gasteiger partial charge in [0, 0.05) is 24.0 Å². The van der Waals surface area contributed by atoms with E-state index in [1.807, 2.05) is 29.0 Å². The van der Waals surface area contributed by atoms with Crippen molar-refractivity contribution >= 4 is 17.0 Å². The zero-order chi connectivity index (χ0) is 18.0. The second-order valence-electron chi connectivity index (χ2n) is 6.79. The summed E-state index contributed by atoms with van der Waals surface area (Å²) < 4.78 is 1.93. The number of aliphatic hydroxyl groups is 1. The first-order chi connectivity index (χ1) is 12.6. The highest BCUT2D eigenvalue weighted by Crippen LogP contribution is 2.26. The topological polar surface area (TPSA) is 89.8 Å². The quantitative estimate of drug-likeness (QED) is 0.522. The highest BCUT2D eigenvalue weighted by atomic mass is 16.3. The van der Waals surface area contributed by atoms with Gasteiger partial charge in [-0.05, 0) is 49.8 Å². The van der Waals surface area contributed by atoms with Gasteiger partial charge in [-0.2, -0.15) is 4.98 Å². The molecule has 0 aromatic carbocycles. The number of pyridine rings is 1. The van der Waals surface area contributed by atoms with Crippen LogP contribution in [0.3, 0.4) is 0 Å². The Kier molecular flexibility index (Phi) is 4.31. The van der Waals surface area contributed by atoms with Gasteiger partial charge in [-0.25, -0.2) is 9.97 Å². The Morgan fingerprint density at radius 3 is 2.73 bits per heavy atom. The molecule has 6 heteroatoms. The SMILES string of the molecule is Nc1ncc2ccn(-c3ccnc(C#CC4(O)CCCCCC4)c3)c2n1. The van der Waals surface area contributed by atoms with Crippen LogP contribution in [0.4, 0.5) is 5.95 Å². The summed E-state index contributed by atoms with van der Waals surface area (Å²) in [6.45, 7) is 0. The summed E-state index contributed by atoms with van der Waals surface area (Å²) in [5.74, 6) is 6.36. The van der Waals surface area contributed by atoms with E-state index in [1.54, 1.807) is 12.4 Å². The van der Waals surface area contributed by atoms with Gasteiger partial charge in [0.1, 0.15) is 16.9 Å². The molecule has 0 amide bonds. The Hall–Kier alpha value is -2.91. The Labute approximate surface area is 152 Å². The summed E-state index contributed by atoms with van der Waals surface area (Å²) in [6.07, 6.45) is 11.2. The predicted molar refractivity (Wildman–Crippen MR) is 101 cm³/mol. The number of anilines is 1. The maximum absolute atomic E-state index is 10.7. The summed E-state index contributed by atoms with van der Waals surface area (Å²) in [6, 6.07) is 5.73. The maximum Gasteiger partial charge on any atom is 0.221 e. The molecule has 3 N–H and O–H groups in total. The van der Waals surface area contributed by atoms with E-state index in [0.717, 1.165) is 42.4 Å². The lowest BCUT2D eigenvalue weighted by atomic mass is 9.95. The monoisotopic (exact) mass is 347 g/mol. The normalized spacial score (nSPS) is 16.7. The Bertz CT molecular complexity index is 990. The average Bonchev–Trinajstić information content (AvgIpc) is 2.94. The number of rotatable bonds is 1. The van der Waals surface area contributed by atoms with Gasteiger partial charge in [0.2, 0.25) is 5.95 Å². The maximum atomic E-state index is 10.7. The number of fused-ring (bicyclic) bond motifs is 1. The van der Waals surface area contributed by atoms with Crippen LogP contribution < -0.4 is 5.73 Å². The average molecular weight is 347 g/mol. The summed E-state index contributed by atoms with van der Waals surface area (Å²) >= 11 is 0. The van der Waals surface area contributed by atoms with Crippen LogP contribution in [0.25, 0.3) is 16.7 Å². The first kappa shape index (κ1) is 16.6. The van der Waals surface area contributed by atoms with Crippen molar-refractivity contribution < 1.29 is 5.11 Å². The minimum Gasteiger partial charge on any atom is -0.378 e. The van der Waals surface area contributed by atoms with Crippen LogP contribution in [0.2, 0.25) is 0 Å². The lowest BCUT2D eigenvalue weighted by Crippen LogP contribution is -2.25. The van der Waals surface area contributed by atoms with Crippen LogP contribution in [0.1, 0.15) is 44.2 Å². The van der Waals surface area contributed by atoms with Crippen LogP contribution in [-0.2, 0) is 0 Å². The molecule has 0 unspecified atom stereocenters. The molecular weight excluding hydrogens is 326 g/mol. The number of nitrogen functional groups attached to an aromatic ring is 1. The third-order valence-corrected chi connectivity index (χ3v) is 4.82. The molecule has 0 spiro atoms. The van der Waals surface area contributed by atoms with Crippen LogP contribution in [0.15, 0.2) is 36.8 Å². The molecule has 132 valence electrons. The molecule has 3 aromatic rings. The number of hydrogen-bond donors (Lipinski definition) is 2. The second-order valence-corrected chi connectivity index (χ2v) is 6.79. The highest BCUT2D eigenvalue weighted by Gasteiger charge is 2.25. The first-order valence-corrected chi connectivity index (χ1v) is 8.95. The third-order valence-electron chi connectivity index (χ3n) is 4.82. The van der Waals surface area contributed by atoms with Gasteiger partial charge >= 0.3 is 0 Å². The molecule has 26 heavy (non-hydrogen) atoms. The van der Waals surface area contributed by atoms with Crippen LogP contribution in [-0.4, -0.2) is 30.2 Å². The zero-order valence-corrected chi connectivity index (χ0v) is 14.5. The van der Waals surface area contributed by atoms with Gasteiger partial charge in [0.05, 0.1) is 5.69 Å². The summed E-state index contributed by atoms with van der Waals surface area (Å²) in [5.41, 5.74) is 7.09. The summed E-state index contributed by atoms with van der Waals surface area (Å²) in [4.78, 5) is 12.7. The van der Waals surface area contributed by atoms with Gasteiger partial charge in [0.15, 0.2) is 0 Å². The van der Waals surface area contributed by atoms with E-state index in [1.165, 1.54) is 12.8 Å². The van der Waals surface area contributed by atoms with Gasteiger partial charge in [-0.3, -0.25) is 0 Å². The number of nitrogens with two attached hydrogens (primary N) is 1. The lowest BCUT2D eigenvalue weighted by Gasteiger charge is -2.19. The molecule has 1 fully saturated rings. The van der Waals surface area contributed by atoms with Crippen LogP contribution in [0, 0.1) is 11.8 Å². The molecule has 1 saturated carbocycles. The number of aromatic nitrogens is 4. The largest absolute Gasteiger partial charge is 0.378 e. The molecular formula is C20H21N5O. The van der Waals surface area contributed by atoms with Crippen molar-refractivity contribution in [1.82, 2.24) is 19.5 Å². The van der Waals surface area contributed by atoms with E-state index in [4.69, 9.17) is 5.73 Å². The fourth-order valence-electron chi connectivity index (χ4n) is 3.40. The smallest absolute Gasteiger partial charge is 0.221 e. The molecule has 6 nitrogen and oxygen atoms in total. The van der Waals surface area contributed by atoms with E-state index in [9.17, 15) is 5.11 Å². The van der Waals surface area contributed by atoms with Crippen LogP contribution >= 0.6 is 0 Å². The van der Waals surface area contributed by atoms with Gasteiger partial charge in [-0.1, -0.05) is 18.8 Å². The van der Waals surface area contributed by atoms with Crippen molar-refractivity contribution in [1.29, 1.82) is 0 Å². The summed E-state index contributed by atoms with van der Waals surface area (Å²) in [7, 11) is 0. The first-order valence-electron chi connectivity index (χ1n) is 8.95. The molecule has 1 aliphatic carbocycles. The molecule has 1 aliphatic rings. The van der Waals surface area contributed by atoms with Crippen LogP contribution in [0.5, 0.6) is 0 Å². The van der Waals surface area contributed by atoms with Crippen molar-refractivity contribution in [2.24, 2.45) is 0 Å². The molecule has 4 rings (SSSR count). The number of hydrogen-bond acceptors (Lipinski definition) is 5. The van der Waals surface area contributed by atoms with E-state index in [-0.39, 0.29) is 5.95 Å². The fourth-order valence-corrected chi connectivity index (χ4v) is 3.40. The van der Waals surface area contributed by atoms with Gasteiger partial charge in [0.25, 0.3) is 0 Å². The molecule has 0 atom stereocenters. The molecule has 3 aromatic heterocycles. The minimum atomic E-state index is -0.893. The Morgan fingerprint density at radius 2 is 1.92 bits per heavy atom. The van der Waals surface area contributed by atoms with Crippen molar-refractivity contribution in [3.05, 3.63) is 42.5 Å². The third kappa shape index (κ3) is 3.39. The van der Waals surface area contributed by atoms with Crippen molar-refractivity contribution in [2.75, 3.05) is 5.73 Å². The molecule has 0 bridgehead atoms. The van der Waals surface area contributed by atoms with Crippen molar-refractivity contribution in [2.45, 2.75) is 44.1 Å². The Balaban J connectivity index is 1.67. The molecule has 0 saturated heterocycles. The minimum absolute atomic E-state index is 0.238. The molecule has 3 heterocycles. The second kappa shape index (κ2) is 6.77. The lowest BCUT2D eigenvalue weighted by molar-refractivity contribution is 0.0849. The van der Waals surface area contributed by atoms with Crippen molar-refractivity contribution in [3.8, 4) is 17.5 Å². The zero-order valence-electron chi connectivity index (χ0n) is 14.5. The van der Waals surface area contributed by atoms with E-state index in [2.05, 4.69) is 26.8 Å². The summed E-state index contributed by atoms with van der Waals surface area (Å²) in [5, 5.41) is 11.6. The highest BCUT2D eigenvalue weighted by molar-refractivity contribution is 5.78. The van der Waals surface area contributed by atoms with Gasteiger partial charge in [-0.15, -0.1) is 0 Å². The van der Waals surface area contributed by atoms with E-state index < -0.39 is 5.60 Å². The van der Waals surface area contributed by atoms with E-state index in [0.29, 0.717) is 5.69 Å². The standard InChI is InChI=1S/C20H21N5O/c21-19-23-14-15-7-12-25(18(15)24-19)17-6-11-22-16(13-17)5-10-20(26)8-3-1-2-4-9-20/h6-7,11-14,26H,1-4,8-9H2,(H2,21,23,24). The van der Waals surface area contributed by atoms with Gasteiger partial charge < -0.3 is 15.4 Å². The number of nitrogens with zero attached hydrogens (tertiary/aromatic N) is 4. The molecule has 0 aliphatic heterocycles. The van der Waals surface area contributed by atoms with E-state index >= 15 is 0 Å².